The third-order valence-corrected chi connectivity index (χ3v) is 7.37. The van der Waals surface area contributed by atoms with Crippen LogP contribution in [-0.2, 0) is 10.0 Å². The van der Waals surface area contributed by atoms with Crippen LogP contribution in [-0.4, -0.2) is 53.7 Å². The van der Waals surface area contributed by atoms with Gasteiger partial charge in [-0.25, -0.2) is 4.68 Å². The molecular formula is C26H23N7O2S2. The van der Waals surface area contributed by atoms with E-state index in [9.17, 15) is 8.42 Å². The van der Waals surface area contributed by atoms with Gasteiger partial charge in [0.15, 0.2) is 5.01 Å². The number of benzene rings is 3. The van der Waals surface area contributed by atoms with Gasteiger partial charge in [0.1, 0.15) is 12.0 Å². The van der Waals surface area contributed by atoms with Crippen molar-refractivity contribution in [1.82, 2.24) is 24.9 Å². The fraction of sp³-hybridized carbons (Fsp3) is 0.0769. The average molecular weight is 530 g/mol. The number of rotatable bonds is 8. The summed E-state index contributed by atoms with van der Waals surface area (Å²) in [5.41, 5.74) is 4.12. The lowest BCUT2D eigenvalue weighted by Crippen LogP contribution is -2.10. The Morgan fingerprint density at radius 3 is 2.27 bits per heavy atom. The Bertz CT molecular complexity index is 1630. The van der Waals surface area contributed by atoms with E-state index in [-0.39, 0.29) is 4.90 Å². The molecule has 9 nitrogen and oxygen atoms in total. The van der Waals surface area contributed by atoms with E-state index in [1.54, 1.807) is 35.8 Å². The quantitative estimate of drug-likeness (QED) is 0.221. The Labute approximate surface area is 218 Å². The second-order valence-corrected chi connectivity index (χ2v) is 10.9. The van der Waals surface area contributed by atoms with Crippen molar-refractivity contribution in [2.45, 2.75) is 4.90 Å². The first-order valence-electron chi connectivity index (χ1n) is 11.3. The average Bonchev–Trinajstić information content (AvgIpc) is 3.56. The van der Waals surface area contributed by atoms with E-state index in [4.69, 9.17) is 5.10 Å². The van der Waals surface area contributed by atoms with E-state index < -0.39 is 10.0 Å². The number of nitrogens with zero attached hydrogens (tertiary/aromatic N) is 6. The van der Waals surface area contributed by atoms with Gasteiger partial charge in [-0.05, 0) is 36.4 Å². The normalized spacial score (nSPS) is 11.6. The summed E-state index contributed by atoms with van der Waals surface area (Å²) in [6.45, 7) is 0. The van der Waals surface area contributed by atoms with Crippen molar-refractivity contribution in [1.29, 1.82) is 0 Å². The zero-order chi connectivity index (χ0) is 25.8. The molecule has 0 aliphatic carbocycles. The molecule has 0 unspecified atom stereocenters. The van der Waals surface area contributed by atoms with Gasteiger partial charge in [0.25, 0.3) is 10.0 Å². The summed E-state index contributed by atoms with van der Waals surface area (Å²) < 4.78 is 30.4. The zero-order valence-electron chi connectivity index (χ0n) is 20.1. The molecule has 0 saturated heterocycles. The monoisotopic (exact) mass is 529 g/mol. The van der Waals surface area contributed by atoms with Gasteiger partial charge in [0, 0.05) is 31.5 Å². The Balaban J connectivity index is 1.50. The highest BCUT2D eigenvalue weighted by atomic mass is 32.2. The zero-order valence-corrected chi connectivity index (χ0v) is 21.7. The summed E-state index contributed by atoms with van der Waals surface area (Å²) in [7, 11) is -0.374. The van der Waals surface area contributed by atoms with Crippen LogP contribution in [0.4, 0.5) is 10.8 Å². The highest BCUT2D eigenvalue weighted by molar-refractivity contribution is 7.90. The SMILES string of the molecule is CN(C)/C=N/S(=O)(=O)c1ccc(-n2cc(-c3nnc(Nc4ccccc4)s3)c(-c3ccccc3)n2)cc1. The molecule has 0 saturated carbocycles. The van der Waals surface area contributed by atoms with Crippen molar-refractivity contribution in [3.63, 3.8) is 0 Å². The number of anilines is 2. The van der Waals surface area contributed by atoms with Crippen molar-refractivity contribution in [3.8, 4) is 27.5 Å². The molecule has 0 fully saturated rings. The van der Waals surface area contributed by atoms with Gasteiger partial charge in [0.05, 0.1) is 16.1 Å². The summed E-state index contributed by atoms with van der Waals surface area (Å²) in [5, 5.41) is 18.2. The van der Waals surface area contributed by atoms with E-state index in [0.29, 0.717) is 15.8 Å². The van der Waals surface area contributed by atoms with Crippen LogP contribution in [0.5, 0.6) is 0 Å². The van der Waals surface area contributed by atoms with Crippen LogP contribution in [0.3, 0.4) is 0 Å². The van der Waals surface area contributed by atoms with Gasteiger partial charge in [-0.3, -0.25) is 0 Å². The number of para-hydroxylation sites is 1. The molecule has 0 atom stereocenters. The van der Waals surface area contributed by atoms with Gasteiger partial charge in [-0.2, -0.15) is 13.5 Å². The lowest BCUT2D eigenvalue weighted by molar-refractivity contribution is 0.594. The molecule has 0 radical (unpaired) electrons. The lowest BCUT2D eigenvalue weighted by atomic mass is 10.1. The van der Waals surface area contributed by atoms with Crippen LogP contribution >= 0.6 is 11.3 Å². The molecule has 2 heterocycles. The van der Waals surface area contributed by atoms with E-state index in [2.05, 4.69) is 19.9 Å². The summed E-state index contributed by atoms with van der Waals surface area (Å²) in [6, 6.07) is 26.1. The van der Waals surface area contributed by atoms with E-state index in [1.807, 2.05) is 66.9 Å². The molecule has 5 aromatic rings. The van der Waals surface area contributed by atoms with Crippen LogP contribution in [0, 0.1) is 0 Å². The first kappa shape index (κ1) is 24.3. The molecule has 3 aromatic carbocycles. The van der Waals surface area contributed by atoms with E-state index in [0.717, 1.165) is 22.5 Å². The topological polar surface area (TPSA) is 105 Å². The molecule has 186 valence electrons. The molecular weight excluding hydrogens is 506 g/mol. The number of sulfonamides is 1. The van der Waals surface area contributed by atoms with Crippen LogP contribution in [0.1, 0.15) is 0 Å². The fourth-order valence-electron chi connectivity index (χ4n) is 3.49. The minimum Gasteiger partial charge on any atom is -0.368 e. The Hall–Kier alpha value is -4.35. The smallest absolute Gasteiger partial charge is 0.283 e. The largest absolute Gasteiger partial charge is 0.368 e. The third-order valence-electron chi connectivity index (χ3n) is 5.26. The van der Waals surface area contributed by atoms with Gasteiger partial charge in [-0.15, -0.1) is 14.6 Å². The van der Waals surface area contributed by atoms with Crippen LogP contribution < -0.4 is 5.32 Å². The van der Waals surface area contributed by atoms with E-state index >= 15 is 0 Å². The van der Waals surface area contributed by atoms with Crippen molar-refractivity contribution in [2.24, 2.45) is 4.40 Å². The second kappa shape index (κ2) is 10.3. The minimum absolute atomic E-state index is 0.103. The molecule has 11 heteroatoms. The van der Waals surface area contributed by atoms with Crippen molar-refractivity contribution in [2.75, 3.05) is 19.4 Å². The molecule has 0 aliphatic heterocycles. The molecule has 0 amide bonds. The lowest BCUT2D eigenvalue weighted by Gasteiger charge is -2.05. The highest BCUT2D eigenvalue weighted by Crippen LogP contribution is 2.35. The van der Waals surface area contributed by atoms with Crippen molar-refractivity contribution in [3.05, 3.63) is 91.1 Å². The number of hydrogen-bond acceptors (Lipinski definition) is 7. The van der Waals surface area contributed by atoms with Crippen LogP contribution in [0.25, 0.3) is 27.5 Å². The molecule has 0 aliphatic rings. The maximum atomic E-state index is 12.5. The van der Waals surface area contributed by atoms with Crippen LogP contribution in [0.2, 0.25) is 0 Å². The summed E-state index contributed by atoms with van der Waals surface area (Å²) in [4.78, 5) is 1.67. The number of hydrogen-bond donors (Lipinski definition) is 1. The van der Waals surface area contributed by atoms with Crippen molar-refractivity contribution < 1.29 is 8.42 Å². The second-order valence-electron chi connectivity index (χ2n) is 8.26. The Morgan fingerprint density at radius 1 is 0.919 bits per heavy atom. The Kier molecular flexibility index (Phi) is 6.80. The Morgan fingerprint density at radius 2 is 1.59 bits per heavy atom. The summed E-state index contributed by atoms with van der Waals surface area (Å²) in [5.74, 6) is 0. The number of aromatic nitrogens is 4. The molecule has 0 bridgehead atoms. The number of nitrogens with one attached hydrogen (secondary N) is 1. The molecule has 37 heavy (non-hydrogen) atoms. The maximum absolute atomic E-state index is 12.5. The fourth-order valence-corrected chi connectivity index (χ4v) is 5.18. The molecule has 0 spiro atoms. The van der Waals surface area contributed by atoms with Gasteiger partial charge in [0.2, 0.25) is 5.13 Å². The van der Waals surface area contributed by atoms with Crippen LogP contribution in [0.15, 0.2) is 100 Å². The molecule has 5 rings (SSSR count). The van der Waals surface area contributed by atoms with E-state index in [1.165, 1.54) is 29.8 Å². The summed E-state index contributed by atoms with van der Waals surface area (Å²) in [6.07, 6.45) is 3.14. The summed E-state index contributed by atoms with van der Waals surface area (Å²) >= 11 is 1.43. The highest BCUT2D eigenvalue weighted by Gasteiger charge is 2.19. The molecule has 1 N–H and O–H groups in total. The standard InChI is InChI=1S/C26H23N7O2S2/c1-32(2)18-27-37(34,35)22-15-13-21(14-16-22)33-17-23(24(31-33)19-9-5-3-6-10-19)25-29-30-26(36-25)28-20-11-7-4-8-12-20/h3-18H,1-2H3,(H,28,30)/b27-18+. The van der Waals surface area contributed by atoms with Crippen molar-refractivity contribution >= 4 is 38.5 Å². The third kappa shape index (κ3) is 5.57. The van der Waals surface area contributed by atoms with Gasteiger partial charge < -0.3 is 10.2 Å². The van der Waals surface area contributed by atoms with Gasteiger partial charge >= 0.3 is 0 Å². The molecule has 2 aromatic heterocycles. The predicted octanol–water partition coefficient (Wildman–Crippen LogP) is 5.08. The maximum Gasteiger partial charge on any atom is 0.283 e. The predicted molar refractivity (Wildman–Crippen MR) is 147 cm³/mol. The minimum atomic E-state index is -3.79. The van der Waals surface area contributed by atoms with Gasteiger partial charge in [-0.1, -0.05) is 59.9 Å². The first-order valence-corrected chi connectivity index (χ1v) is 13.5. The first-order chi connectivity index (χ1) is 17.9.